The van der Waals surface area contributed by atoms with E-state index in [4.69, 9.17) is 31.4 Å². The molecule has 0 aliphatic carbocycles. The van der Waals surface area contributed by atoms with Crippen LogP contribution in [0.5, 0.6) is 0 Å². The quantitative estimate of drug-likeness (QED) is 0.390. The van der Waals surface area contributed by atoms with Gasteiger partial charge in [0.1, 0.15) is 12.4 Å². The third-order valence-electron chi connectivity index (χ3n) is 6.00. The molecule has 0 amide bonds. The van der Waals surface area contributed by atoms with E-state index in [1.54, 1.807) is 42.1 Å². The first-order chi connectivity index (χ1) is 16.9. The number of methoxy groups -OCH3 is 1. The molecule has 2 aromatic carbocycles. The number of sulfonamides is 1. The number of piperazine rings is 1. The first-order valence-corrected chi connectivity index (χ1v) is 13.0. The topological polar surface area (TPSA) is 93.5 Å². The number of aryl methyl sites for hydroxylation is 1. The first kappa shape index (κ1) is 23.7. The van der Waals surface area contributed by atoms with Gasteiger partial charge in [0.25, 0.3) is 0 Å². The molecule has 0 N–H and O–H groups in total. The molecule has 1 aliphatic rings. The zero-order chi connectivity index (χ0) is 24.6. The van der Waals surface area contributed by atoms with Gasteiger partial charge in [-0.05, 0) is 31.2 Å². The normalized spacial score (nSPS) is 15.1. The van der Waals surface area contributed by atoms with Gasteiger partial charge in [-0.1, -0.05) is 41.9 Å². The highest BCUT2D eigenvalue weighted by atomic mass is 35.5. The van der Waals surface area contributed by atoms with Crippen molar-refractivity contribution < 1.29 is 13.2 Å². The number of anilines is 1. The molecule has 1 saturated heterocycles. The van der Waals surface area contributed by atoms with Gasteiger partial charge in [0, 0.05) is 33.3 Å². The van der Waals surface area contributed by atoms with Gasteiger partial charge < -0.3 is 9.64 Å². The largest absolute Gasteiger partial charge is 0.377 e. The highest BCUT2D eigenvalue weighted by Gasteiger charge is 2.30. The molecule has 1 fully saturated rings. The number of aromatic nitrogens is 4. The SMILES string of the molecule is COCc1nc(N2CCN(S(=O)(=O)c3ccccc3)CC2)c2c(C)nn(-c3ccccc3Cl)c2n1. The molecule has 35 heavy (non-hydrogen) atoms. The summed E-state index contributed by atoms with van der Waals surface area (Å²) in [6.07, 6.45) is 0. The molecule has 5 rings (SSSR count). The monoisotopic (exact) mass is 512 g/mol. The molecule has 0 unspecified atom stereocenters. The summed E-state index contributed by atoms with van der Waals surface area (Å²) in [5.74, 6) is 1.23. The van der Waals surface area contributed by atoms with Crippen LogP contribution in [0.3, 0.4) is 0 Å². The summed E-state index contributed by atoms with van der Waals surface area (Å²) < 4.78 is 34.7. The van der Waals surface area contributed by atoms with E-state index < -0.39 is 10.0 Å². The van der Waals surface area contributed by atoms with Crippen molar-refractivity contribution in [1.29, 1.82) is 0 Å². The molecule has 4 aromatic rings. The van der Waals surface area contributed by atoms with Crippen LogP contribution in [0.25, 0.3) is 16.7 Å². The Morgan fingerprint density at radius 3 is 2.34 bits per heavy atom. The molecule has 11 heteroatoms. The summed E-state index contributed by atoms with van der Waals surface area (Å²) in [6.45, 7) is 3.81. The fourth-order valence-electron chi connectivity index (χ4n) is 4.30. The highest BCUT2D eigenvalue weighted by Crippen LogP contribution is 2.32. The van der Waals surface area contributed by atoms with Crippen LogP contribution in [0.4, 0.5) is 5.82 Å². The van der Waals surface area contributed by atoms with Gasteiger partial charge in [0.05, 0.1) is 26.7 Å². The number of rotatable bonds is 6. The number of halogens is 1. The fraction of sp³-hybridized carbons (Fsp3) is 0.292. The Hall–Kier alpha value is -3.05. The van der Waals surface area contributed by atoms with E-state index in [-0.39, 0.29) is 6.61 Å². The van der Waals surface area contributed by atoms with Gasteiger partial charge in [-0.2, -0.15) is 9.40 Å². The van der Waals surface area contributed by atoms with E-state index in [2.05, 4.69) is 4.90 Å². The third-order valence-corrected chi connectivity index (χ3v) is 8.24. The van der Waals surface area contributed by atoms with Gasteiger partial charge >= 0.3 is 0 Å². The highest BCUT2D eigenvalue weighted by molar-refractivity contribution is 7.89. The minimum atomic E-state index is -3.55. The van der Waals surface area contributed by atoms with Crippen LogP contribution >= 0.6 is 11.6 Å². The molecule has 9 nitrogen and oxygen atoms in total. The lowest BCUT2D eigenvalue weighted by atomic mass is 10.2. The lowest BCUT2D eigenvalue weighted by Gasteiger charge is -2.35. The molecule has 1 aliphatic heterocycles. The van der Waals surface area contributed by atoms with Gasteiger partial charge in [-0.25, -0.2) is 23.1 Å². The van der Waals surface area contributed by atoms with Crippen molar-refractivity contribution in [3.8, 4) is 5.69 Å². The summed E-state index contributed by atoms with van der Waals surface area (Å²) in [5.41, 5.74) is 2.12. The predicted molar refractivity (Wildman–Crippen MR) is 135 cm³/mol. The van der Waals surface area contributed by atoms with Crippen LogP contribution in [0.2, 0.25) is 5.02 Å². The van der Waals surface area contributed by atoms with Crippen molar-refractivity contribution in [2.45, 2.75) is 18.4 Å². The molecule has 0 bridgehead atoms. The van der Waals surface area contributed by atoms with Crippen LogP contribution < -0.4 is 4.90 Å². The minimum Gasteiger partial charge on any atom is -0.377 e. The van der Waals surface area contributed by atoms with E-state index in [1.807, 2.05) is 31.2 Å². The van der Waals surface area contributed by atoms with Crippen LogP contribution in [-0.2, 0) is 21.4 Å². The average Bonchev–Trinajstić information content (AvgIpc) is 3.20. The number of benzene rings is 2. The Morgan fingerprint density at radius 1 is 0.971 bits per heavy atom. The maximum atomic E-state index is 13.1. The zero-order valence-electron chi connectivity index (χ0n) is 19.4. The molecule has 0 radical (unpaired) electrons. The second-order valence-corrected chi connectivity index (χ2v) is 10.6. The van der Waals surface area contributed by atoms with Crippen LogP contribution in [-0.4, -0.2) is 65.8 Å². The number of hydrogen-bond donors (Lipinski definition) is 0. The van der Waals surface area contributed by atoms with Crippen molar-refractivity contribution in [1.82, 2.24) is 24.1 Å². The van der Waals surface area contributed by atoms with E-state index in [0.717, 1.165) is 22.6 Å². The zero-order valence-corrected chi connectivity index (χ0v) is 21.0. The van der Waals surface area contributed by atoms with Gasteiger partial charge in [-0.3, -0.25) is 0 Å². The van der Waals surface area contributed by atoms with E-state index in [1.165, 1.54) is 4.31 Å². The molecule has 2 aromatic heterocycles. The van der Waals surface area contributed by atoms with Crippen LogP contribution in [0, 0.1) is 6.92 Å². The summed E-state index contributed by atoms with van der Waals surface area (Å²) in [7, 11) is -1.95. The first-order valence-electron chi connectivity index (χ1n) is 11.2. The number of para-hydroxylation sites is 1. The summed E-state index contributed by atoms with van der Waals surface area (Å²) >= 11 is 6.47. The maximum Gasteiger partial charge on any atom is 0.243 e. The standard InChI is InChI=1S/C24H25ClN6O3S/c1-17-22-23(29-12-14-30(15-13-29)35(32,33)18-8-4-3-5-9-18)26-21(16-34-2)27-24(22)31(28-17)20-11-7-6-10-19(20)25/h3-11H,12-16H2,1-2H3. The number of nitrogens with zero attached hydrogens (tertiary/aromatic N) is 6. The van der Waals surface area contributed by atoms with Crippen molar-refractivity contribution in [2.75, 3.05) is 38.2 Å². The molecule has 3 heterocycles. The minimum absolute atomic E-state index is 0.234. The Morgan fingerprint density at radius 2 is 1.66 bits per heavy atom. The Balaban J connectivity index is 1.52. The second kappa shape index (κ2) is 9.54. The molecular formula is C24H25ClN6O3S. The van der Waals surface area contributed by atoms with Crippen molar-refractivity contribution in [3.63, 3.8) is 0 Å². The van der Waals surface area contributed by atoms with Crippen molar-refractivity contribution in [3.05, 3.63) is 71.1 Å². The lowest BCUT2D eigenvalue weighted by Crippen LogP contribution is -2.49. The fourth-order valence-corrected chi connectivity index (χ4v) is 5.96. The average molecular weight is 513 g/mol. The van der Waals surface area contributed by atoms with Gasteiger partial charge in [0.2, 0.25) is 10.0 Å². The predicted octanol–water partition coefficient (Wildman–Crippen LogP) is 3.43. The summed E-state index contributed by atoms with van der Waals surface area (Å²) in [4.78, 5) is 11.9. The summed E-state index contributed by atoms with van der Waals surface area (Å²) in [5, 5.41) is 6.10. The number of fused-ring (bicyclic) bond motifs is 1. The van der Waals surface area contributed by atoms with Gasteiger partial charge in [-0.15, -0.1) is 0 Å². The van der Waals surface area contributed by atoms with Crippen molar-refractivity contribution in [2.24, 2.45) is 0 Å². The van der Waals surface area contributed by atoms with E-state index in [9.17, 15) is 8.42 Å². The second-order valence-electron chi connectivity index (χ2n) is 8.25. The van der Waals surface area contributed by atoms with Gasteiger partial charge in [0.15, 0.2) is 11.5 Å². The molecular weight excluding hydrogens is 488 g/mol. The van der Waals surface area contributed by atoms with E-state index >= 15 is 0 Å². The molecule has 0 atom stereocenters. The molecule has 182 valence electrons. The van der Waals surface area contributed by atoms with Crippen LogP contribution in [0.1, 0.15) is 11.5 Å². The lowest BCUT2D eigenvalue weighted by molar-refractivity contribution is 0.178. The van der Waals surface area contributed by atoms with Crippen LogP contribution in [0.15, 0.2) is 59.5 Å². The van der Waals surface area contributed by atoms with Crippen molar-refractivity contribution >= 4 is 38.5 Å². The molecule has 0 saturated carbocycles. The van der Waals surface area contributed by atoms with E-state index in [0.29, 0.717) is 47.6 Å². The third kappa shape index (κ3) is 4.38. The Labute approximate surface area is 209 Å². The molecule has 0 spiro atoms. The number of hydrogen-bond acceptors (Lipinski definition) is 7. The maximum absolute atomic E-state index is 13.1. The summed E-state index contributed by atoms with van der Waals surface area (Å²) in [6, 6.07) is 16.0. The smallest absolute Gasteiger partial charge is 0.243 e. The Kier molecular flexibility index (Phi) is 6.45. The number of ether oxygens (including phenoxy) is 1. The Bertz CT molecular complexity index is 1470.